The second-order valence-electron chi connectivity index (χ2n) is 8.13. The lowest BCUT2D eigenvalue weighted by Gasteiger charge is -2.34. The molecule has 0 radical (unpaired) electrons. The van der Waals surface area contributed by atoms with E-state index in [9.17, 15) is 13.2 Å². The normalized spacial score (nSPS) is 21.3. The van der Waals surface area contributed by atoms with Crippen LogP contribution in [0.15, 0.2) is 23.1 Å². The minimum atomic E-state index is -3.58. The van der Waals surface area contributed by atoms with Gasteiger partial charge in [0.25, 0.3) is 0 Å². The number of nitrogens with one attached hydrogen (secondary N) is 1. The lowest BCUT2D eigenvalue weighted by molar-refractivity contribution is -0.118. The summed E-state index contributed by atoms with van der Waals surface area (Å²) in [6, 6.07) is 5.19. The predicted octanol–water partition coefficient (Wildman–Crippen LogP) is 3.46. The fraction of sp³-hybridized carbons (Fsp3) is 0.682. The van der Waals surface area contributed by atoms with Crippen LogP contribution >= 0.6 is 0 Å². The minimum absolute atomic E-state index is 0.135. The predicted molar refractivity (Wildman–Crippen MR) is 118 cm³/mol. The average Bonchev–Trinajstić information content (AvgIpc) is 2.76. The molecular weight excluding hydrogens is 402 g/mol. The molecule has 168 valence electrons. The first-order chi connectivity index (χ1) is 14.5. The number of hydrogen-bond acceptors (Lipinski definition) is 5. The molecule has 0 aromatic heterocycles. The van der Waals surface area contributed by atoms with E-state index in [4.69, 9.17) is 4.74 Å². The van der Waals surface area contributed by atoms with Crippen molar-refractivity contribution in [2.24, 2.45) is 0 Å². The highest BCUT2D eigenvalue weighted by molar-refractivity contribution is 7.89. The average molecular weight is 438 g/mol. The molecule has 7 nitrogen and oxygen atoms in total. The van der Waals surface area contributed by atoms with Gasteiger partial charge in [-0.15, -0.1) is 0 Å². The van der Waals surface area contributed by atoms with Crippen LogP contribution < -0.4 is 10.1 Å². The first-order valence-electron chi connectivity index (χ1n) is 11.3. The minimum Gasteiger partial charge on any atom is -0.492 e. The van der Waals surface area contributed by atoms with Gasteiger partial charge in [-0.05, 0) is 63.8 Å². The highest BCUT2D eigenvalue weighted by Crippen LogP contribution is 2.30. The second-order valence-corrected chi connectivity index (χ2v) is 10.1. The maximum absolute atomic E-state index is 13.1. The molecular formula is C22H35N3O4S. The maximum Gasteiger partial charge on any atom is 0.243 e. The number of rotatable bonds is 8. The van der Waals surface area contributed by atoms with Crippen LogP contribution in [0.4, 0.5) is 5.69 Å². The van der Waals surface area contributed by atoms with Crippen molar-refractivity contribution < 1.29 is 17.9 Å². The molecule has 1 N–H and O–H groups in total. The maximum atomic E-state index is 13.1. The van der Waals surface area contributed by atoms with Crippen molar-refractivity contribution >= 4 is 21.6 Å². The molecule has 2 aliphatic rings. The van der Waals surface area contributed by atoms with E-state index in [1.165, 1.54) is 10.7 Å². The number of likely N-dealkylation sites (tertiary alicyclic amines) is 1. The molecule has 0 bridgehead atoms. The van der Waals surface area contributed by atoms with Crippen LogP contribution in [0, 0.1) is 0 Å². The lowest BCUT2D eigenvalue weighted by Crippen LogP contribution is -2.43. The zero-order valence-electron chi connectivity index (χ0n) is 18.2. The van der Waals surface area contributed by atoms with Gasteiger partial charge >= 0.3 is 0 Å². The molecule has 1 aromatic carbocycles. The number of sulfonamides is 1. The Balaban J connectivity index is 1.78. The molecule has 0 saturated carbocycles. The van der Waals surface area contributed by atoms with Crippen molar-refractivity contribution in [2.45, 2.75) is 69.7 Å². The number of carbonyl (C=O) groups is 1. The molecule has 2 fully saturated rings. The Kier molecular flexibility index (Phi) is 8.13. The van der Waals surface area contributed by atoms with Crippen LogP contribution in [0.5, 0.6) is 5.75 Å². The van der Waals surface area contributed by atoms with Crippen molar-refractivity contribution in [2.75, 3.05) is 38.1 Å². The summed E-state index contributed by atoms with van der Waals surface area (Å²) in [4.78, 5) is 15.2. The topological polar surface area (TPSA) is 79.0 Å². The van der Waals surface area contributed by atoms with Crippen LogP contribution in [0.3, 0.4) is 0 Å². The van der Waals surface area contributed by atoms with Crippen molar-refractivity contribution in [3.05, 3.63) is 18.2 Å². The Labute approximate surface area is 180 Å². The van der Waals surface area contributed by atoms with Gasteiger partial charge in [0, 0.05) is 19.1 Å². The molecule has 2 aliphatic heterocycles. The van der Waals surface area contributed by atoms with E-state index in [1.807, 2.05) is 6.92 Å². The number of ether oxygens (including phenoxy) is 1. The summed E-state index contributed by atoms with van der Waals surface area (Å²) in [5, 5.41) is 2.91. The summed E-state index contributed by atoms with van der Waals surface area (Å²) in [6.07, 6.45) is 7.30. The van der Waals surface area contributed by atoms with Gasteiger partial charge in [-0.1, -0.05) is 19.8 Å². The lowest BCUT2D eigenvalue weighted by atomic mass is 10.00. The Morgan fingerprint density at radius 3 is 2.53 bits per heavy atom. The molecule has 30 heavy (non-hydrogen) atoms. The molecule has 0 spiro atoms. The number of carbonyl (C=O) groups excluding carboxylic acids is 1. The molecule has 8 heteroatoms. The Hall–Kier alpha value is -1.64. The zero-order chi connectivity index (χ0) is 21.6. The third kappa shape index (κ3) is 5.53. The standard InChI is InChI=1S/C22H35N3O4S/c1-3-18-10-6-9-13-24(18)17-22(26)23-20-16-19(11-12-21(20)29-4-2)30(27,28)25-14-7-5-8-15-25/h11-12,16,18H,3-10,13-15,17H2,1-2H3,(H,23,26). The van der Waals surface area contributed by atoms with Gasteiger partial charge in [-0.3, -0.25) is 9.69 Å². The highest BCUT2D eigenvalue weighted by Gasteiger charge is 2.27. The fourth-order valence-electron chi connectivity index (χ4n) is 4.41. The number of nitrogens with zero attached hydrogens (tertiary/aromatic N) is 2. The molecule has 1 atom stereocenters. The van der Waals surface area contributed by atoms with Crippen LogP contribution in [0.1, 0.15) is 58.8 Å². The smallest absolute Gasteiger partial charge is 0.243 e. The Morgan fingerprint density at radius 2 is 1.83 bits per heavy atom. The van der Waals surface area contributed by atoms with E-state index in [1.54, 1.807) is 18.2 Å². The van der Waals surface area contributed by atoms with Crippen molar-refractivity contribution in [1.82, 2.24) is 9.21 Å². The van der Waals surface area contributed by atoms with Crippen molar-refractivity contribution in [3.8, 4) is 5.75 Å². The summed E-state index contributed by atoms with van der Waals surface area (Å²) in [5.74, 6) is 0.359. The highest BCUT2D eigenvalue weighted by atomic mass is 32.2. The third-order valence-electron chi connectivity index (χ3n) is 6.04. The first-order valence-corrected chi connectivity index (χ1v) is 12.7. The molecule has 1 unspecified atom stereocenters. The Bertz CT molecular complexity index is 822. The SMILES string of the molecule is CCOc1ccc(S(=O)(=O)N2CCCCC2)cc1NC(=O)CN1CCCCC1CC. The fourth-order valence-corrected chi connectivity index (χ4v) is 5.95. The quantitative estimate of drug-likeness (QED) is 0.674. The van der Waals surface area contributed by atoms with E-state index >= 15 is 0 Å². The van der Waals surface area contributed by atoms with E-state index in [-0.39, 0.29) is 10.8 Å². The Morgan fingerprint density at radius 1 is 1.10 bits per heavy atom. The number of benzene rings is 1. The second kappa shape index (κ2) is 10.6. The summed E-state index contributed by atoms with van der Waals surface area (Å²) in [6.45, 7) is 6.79. The van der Waals surface area contributed by atoms with Gasteiger partial charge in [0.05, 0.1) is 23.7 Å². The van der Waals surface area contributed by atoms with Crippen LogP contribution in [0.25, 0.3) is 0 Å². The number of anilines is 1. The molecule has 1 amide bonds. The summed E-state index contributed by atoms with van der Waals surface area (Å²) >= 11 is 0. The van der Waals surface area contributed by atoms with E-state index in [0.717, 1.165) is 45.1 Å². The molecule has 2 saturated heterocycles. The van der Waals surface area contributed by atoms with Crippen LogP contribution in [-0.2, 0) is 14.8 Å². The molecule has 2 heterocycles. The van der Waals surface area contributed by atoms with Crippen LogP contribution in [0.2, 0.25) is 0 Å². The van der Waals surface area contributed by atoms with Crippen molar-refractivity contribution in [1.29, 1.82) is 0 Å². The number of amides is 1. The summed E-state index contributed by atoms with van der Waals surface area (Å²) in [5.41, 5.74) is 0.421. The third-order valence-corrected chi connectivity index (χ3v) is 7.94. The van der Waals surface area contributed by atoms with Gasteiger partial charge in [-0.2, -0.15) is 4.31 Å². The van der Waals surface area contributed by atoms with Gasteiger partial charge in [0.1, 0.15) is 5.75 Å². The monoisotopic (exact) mass is 437 g/mol. The zero-order valence-corrected chi connectivity index (χ0v) is 19.0. The number of piperidine rings is 2. The van der Waals surface area contributed by atoms with E-state index in [0.29, 0.717) is 43.7 Å². The summed E-state index contributed by atoms with van der Waals surface area (Å²) in [7, 11) is -3.58. The van der Waals surface area contributed by atoms with Crippen molar-refractivity contribution in [3.63, 3.8) is 0 Å². The summed E-state index contributed by atoms with van der Waals surface area (Å²) < 4.78 is 33.3. The molecule has 3 rings (SSSR count). The first kappa shape index (κ1) is 23.0. The van der Waals surface area contributed by atoms with Crippen LogP contribution in [-0.4, -0.2) is 62.4 Å². The van der Waals surface area contributed by atoms with E-state index < -0.39 is 10.0 Å². The molecule has 0 aliphatic carbocycles. The molecule has 1 aromatic rings. The number of hydrogen-bond donors (Lipinski definition) is 1. The largest absolute Gasteiger partial charge is 0.492 e. The van der Waals surface area contributed by atoms with Gasteiger partial charge in [-0.25, -0.2) is 8.42 Å². The van der Waals surface area contributed by atoms with E-state index in [2.05, 4.69) is 17.1 Å². The van der Waals surface area contributed by atoms with Gasteiger partial charge in [0.15, 0.2) is 0 Å². The van der Waals surface area contributed by atoms with Gasteiger partial charge in [0.2, 0.25) is 15.9 Å². The van der Waals surface area contributed by atoms with Gasteiger partial charge < -0.3 is 10.1 Å².